The Morgan fingerprint density at radius 2 is 1.95 bits per heavy atom. The molecule has 7 heteroatoms. The molecule has 20 heavy (non-hydrogen) atoms. The number of nitrogens with one attached hydrogen (secondary N) is 1. The highest BCUT2D eigenvalue weighted by Crippen LogP contribution is 2.24. The highest BCUT2D eigenvalue weighted by atomic mass is 32.2. The Kier molecular flexibility index (Phi) is 4.41. The molecular formula is C13H16N4O2S. The molecule has 0 bridgehead atoms. The van der Waals surface area contributed by atoms with E-state index in [9.17, 15) is 4.79 Å². The zero-order chi connectivity index (χ0) is 14.7. The second kappa shape index (κ2) is 6.06. The van der Waals surface area contributed by atoms with E-state index in [2.05, 4.69) is 9.97 Å². The molecule has 0 atom stereocenters. The number of hydrogen-bond donors (Lipinski definition) is 2. The molecule has 0 aliphatic carbocycles. The molecule has 0 aromatic carbocycles. The van der Waals surface area contributed by atoms with E-state index in [1.165, 1.54) is 11.8 Å². The first kappa shape index (κ1) is 14.5. The molecule has 2 aromatic rings. The van der Waals surface area contributed by atoms with Crippen molar-refractivity contribution in [3.63, 3.8) is 0 Å². The van der Waals surface area contributed by atoms with Crippen LogP contribution < -0.4 is 11.3 Å². The molecule has 0 aliphatic rings. The molecule has 106 valence electrons. The number of nitrogens with two attached hydrogens (primary N) is 1. The highest BCUT2D eigenvalue weighted by Gasteiger charge is 2.14. The Morgan fingerprint density at radius 3 is 2.55 bits per heavy atom. The van der Waals surface area contributed by atoms with E-state index in [1.807, 2.05) is 32.3 Å². The van der Waals surface area contributed by atoms with Gasteiger partial charge in [0.05, 0.1) is 0 Å². The lowest BCUT2D eigenvalue weighted by molar-refractivity contribution is 0.0924. The van der Waals surface area contributed by atoms with E-state index in [1.54, 1.807) is 6.07 Å². The van der Waals surface area contributed by atoms with Gasteiger partial charge in [0.25, 0.3) is 0 Å². The fraction of sp³-hybridized carbons (Fsp3) is 0.308. The maximum Gasteiger partial charge on any atom is 0.300 e. The molecule has 2 aromatic heterocycles. The minimum Gasteiger partial charge on any atom is -0.456 e. The van der Waals surface area contributed by atoms with Gasteiger partial charge in [-0.05, 0) is 32.9 Å². The van der Waals surface area contributed by atoms with Gasteiger partial charge in [-0.1, -0.05) is 11.8 Å². The summed E-state index contributed by atoms with van der Waals surface area (Å²) in [6.07, 6.45) is 0. The number of carbonyl (C=O) groups excluding carboxylic acids is 1. The highest BCUT2D eigenvalue weighted by molar-refractivity contribution is 7.98. The van der Waals surface area contributed by atoms with Crippen LogP contribution in [0.3, 0.4) is 0 Å². The number of amides is 1. The molecule has 0 radical (unpaired) electrons. The van der Waals surface area contributed by atoms with Crippen molar-refractivity contribution in [3.05, 3.63) is 40.6 Å². The largest absolute Gasteiger partial charge is 0.456 e. The molecule has 0 unspecified atom stereocenters. The summed E-state index contributed by atoms with van der Waals surface area (Å²) in [6, 6.07) is 3.62. The number of thioether (sulfide) groups is 1. The van der Waals surface area contributed by atoms with Crippen molar-refractivity contribution >= 4 is 17.7 Å². The topological polar surface area (TPSA) is 94.0 Å². The molecule has 0 aliphatic heterocycles. The van der Waals surface area contributed by atoms with Gasteiger partial charge in [0.15, 0.2) is 10.9 Å². The Hall–Kier alpha value is -1.86. The SMILES string of the molecule is Cc1cc(C)nc(SCc2cc(C(=O)NN)oc2C)n1. The molecule has 6 nitrogen and oxygen atoms in total. The molecule has 1 amide bonds. The quantitative estimate of drug-likeness (QED) is 0.294. The molecule has 2 rings (SSSR count). The summed E-state index contributed by atoms with van der Waals surface area (Å²) in [5.41, 5.74) is 4.85. The summed E-state index contributed by atoms with van der Waals surface area (Å²) in [5, 5.41) is 0.716. The summed E-state index contributed by atoms with van der Waals surface area (Å²) in [5.74, 6) is 6.18. The Labute approximate surface area is 121 Å². The van der Waals surface area contributed by atoms with Crippen LogP contribution in [-0.2, 0) is 5.75 Å². The summed E-state index contributed by atoms with van der Waals surface area (Å²) in [7, 11) is 0. The van der Waals surface area contributed by atoms with E-state index in [0.717, 1.165) is 17.0 Å². The lowest BCUT2D eigenvalue weighted by atomic mass is 10.3. The van der Waals surface area contributed by atoms with Crippen LogP contribution in [0.5, 0.6) is 0 Å². The van der Waals surface area contributed by atoms with Crippen LogP contribution in [0.4, 0.5) is 0 Å². The summed E-state index contributed by atoms with van der Waals surface area (Å²) in [4.78, 5) is 20.1. The number of aromatic nitrogens is 2. The first-order valence-corrected chi connectivity index (χ1v) is 7.03. The Balaban J connectivity index is 2.10. The van der Waals surface area contributed by atoms with Crippen LogP contribution in [0.25, 0.3) is 0 Å². The van der Waals surface area contributed by atoms with Gasteiger partial charge in [-0.25, -0.2) is 15.8 Å². The van der Waals surface area contributed by atoms with Crippen LogP contribution in [-0.4, -0.2) is 15.9 Å². The molecule has 0 fully saturated rings. The van der Waals surface area contributed by atoms with Gasteiger partial charge in [0, 0.05) is 22.7 Å². The number of furan rings is 1. The van der Waals surface area contributed by atoms with Crippen molar-refractivity contribution in [1.29, 1.82) is 0 Å². The van der Waals surface area contributed by atoms with E-state index in [0.29, 0.717) is 16.7 Å². The van der Waals surface area contributed by atoms with Gasteiger partial charge < -0.3 is 4.42 Å². The second-order valence-electron chi connectivity index (χ2n) is 4.39. The van der Waals surface area contributed by atoms with Gasteiger partial charge >= 0.3 is 5.91 Å². The van der Waals surface area contributed by atoms with Crippen LogP contribution in [0, 0.1) is 20.8 Å². The maximum absolute atomic E-state index is 11.4. The minimum atomic E-state index is -0.438. The first-order valence-electron chi connectivity index (χ1n) is 6.05. The van der Waals surface area contributed by atoms with Crippen molar-refractivity contribution in [2.45, 2.75) is 31.7 Å². The normalized spacial score (nSPS) is 10.6. The van der Waals surface area contributed by atoms with E-state index >= 15 is 0 Å². The van der Waals surface area contributed by atoms with Crippen LogP contribution >= 0.6 is 11.8 Å². The van der Waals surface area contributed by atoms with Gasteiger partial charge in [0.1, 0.15) is 5.76 Å². The number of hydrogen-bond acceptors (Lipinski definition) is 6. The van der Waals surface area contributed by atoms with Gasteiger partial charge in [0.2, 0.25) is 0 Å². The van der Waals surface area contributed by atoms with Crippen molar-refractivity contribution in [2.24, 2.45) is 5.84 Å². The monoisotopic (exact) mass is 292 g/mol. The number of nitrogens with zero attached hydrogens (tertiary/aromatic N) is 2. The van der Waals surface area contributed by atoms with E-state index in [-0.39, 0.29) is 5.76 Å². The fourth-order valence-electron chi connectivity index (χ4n) is 1.75. The standard InChI is InChI=1S/C13H16N4O2S/c1-7-4-8(2)16-13(15-7)20-6-10-5-11(12(18)17-14)19-9(10)3/h4-5H,6,14H2,1-3H3,(H,17,18). The van der Waals surface area contributed by atoms with E-state index < -0.39 is 5.91 Å². The van der Waals surface area contributed by atoms with Crippen LogP contribution in [0.2, 0.25) is 0 Å². The minimum absolute atomic E-state index is 0.210. The number of carbonyl (C=O) groups is 1. The van der Waals surface area contributed by atoms with Gasteiger partial charge in [-0.3, -0.25) is 10.2 Å². The lowest BCUT2D eigenvalue weighted by Gasteiger charge is -2.02. The molecule has 2 heterocycles. The van der Waals surface area contributed by atoms with Crippen molar-refractivity contribution < 1.29 is 9.21 Å². The predicted molar refractivity (Wildman–Crippen MR) is 76.2 cm³/mol. The smallest absolute Gasteiger partial charge is 0.300 e. The third-order valence-corrected chi connectivity index (χ3v) is 3.59. The van der Waals surface area contributed by atoms with Gasteiger partial charge in [-0.15, -0.1) is 0 Å². The molecule has 0 saturated heterocycles. The summed E-state index contributed by atoms with van der Waals surface area (Å²) < 4.78 is 5.36. The zero-order valence-electron chi connectivity index (χ0n) is 11.6. The molecule has 3 N–H and O–H groups in total. The predicted octanol–water partition coefficient (Wildman–Crippen LogP) is 1.89. The number of aryl methyl sites for hydroxylation is 3. The third kappa shape index (κ3) is 3.37. The molecule has 0 spiro atoms. The third-order valence-electron chi connectivity index (χ3n) is 2.69. The van der Waals surface area contributed by atoms with Crippen molar-refractivity contribution in [2.75, 3.05) is 0 Å². The zero-order valence-corrected chi connectivity index (χ0v) is 12.4. The van der Waals surface area contributed by atoms with Crippen LogP contribution in [0.1, 0.15) is 33.3 Å². The average Bonchev–Trinajstić information content (AvgIpc) is 2.76. The van der Waals surface area contributed by atoms with Crippen LogP contribution in [0.15, 0.2) is 21.7 Å². The van der Waals surface area contributed by atoms with E-state index in [4.69, 9.17) is 10.3 Å². The Bertz CT molecular complexity index is 619. The first-order chi connectivity index (χ1) is 9.49. The Morgan fingerprint density at radius 1 is 1.30 bits per heavy atom. The average molecular weight is 292 g/mol. The second-order valence-corrected chi connectivity index (χ2v) is 5.33. The number of hydrazine groups is 1. The van der Waals surface area contributed by atoms with Crippen molar-refractivity contribution in [3.8, 4) is 0 Å². The summed E-state index contributed by atoms with van der Waals surface area (Å²) >= 11 is 1.50. The van der Waals surface area contributed by atoms with Crippen molar-refractivity contribution in [1.82, 2.24) is 15.4 Å². The number of nitrogen functional groups attached to an aromatic ring is 1. The summed E-state index contributed by atoms with van der Waals surface area (Å²) in [6.45, 7) is 5.68. The molecule has 0 saturated carbocycles. The van der Waals surface area contributed by atoms with Gasteiger partial charge in [-0.2, -0.15) is 0 Å². The lowest BCUT2D eigenvalue weighted by Crippen LogP contribution is -2.29. The number of rotatable bonds is 4. The fourth-order valence-corrected chi connectivity index (χ4v) is 2.73. The maximum atomic E-state index is 11.4. The molecular weight excluding hydrogens is 276 g/mol.